The molecule has 2 nitrogen and oxygen atoms in total. The van der Waals surface area contributed by atoms with Gasteiger partial charge in [0.05, 0.1) is 11.9 Å². The second-order valence-electron chi connectivity index (χ2n) is 7.36. The van der Waals surface area contributed by atoms with Crippen molar-refractivity contribution in [3.63, 3.8) is 0 Å². The summed E-state index contributed by atoms with van der Waals surface area (Å²) < 4.78 is 0. The van der Waals surface area contributed by atoms with Crippen LogP contribution in [-0.4, -0.2) is 13.3 Å². The maximum Gasteiger partial charge on any atom is 0.0590 e. The van der Waals surface area contributed by atoms with E-state index in [9.17, 15) is 0 Å². The molecule has 0 heterocycles. The molecule has 0 saturated carbocycles. The highest BCUT2D eigenvalue weighted by Gasteiger charge is 2.21. The summed E-state index contributed by atoms with van der Waals surface area (Å²) >= 11 is 0. The Kier molecular flexibility index (Phi) is 4.45. The largest absolute Gasteiger partial charge is 0.269 e. The molecule has 0 aliphatic heterocycles. The summed E-state index contributed by atoms with van der Waals surface area (Å²) in [5, 5.41) is 6.60. The van der Waals surface area contributed by atoms with Gasteiger partial charge in [0.2, 0.25) is 0 Å². The molecule has 2 heteroatoms. The summed E-state index contributed by atoms with van der Waals surface area (Å²) in [7, 11) is 1.98. The van der Waals surface area contributed by atoms with Crippen LogP contribution in [0.3, 0.4) is 0 Å². The molecule has 0 bridgehead atoms. The van der Waals surface area contributed by atoms with Crippen LogP contribution in [0.25, 0.3) is 22.3 Å². The fourth-order valence-electron chi connectivity index (χ4n) is 4.12. The lowest BCUT2D eigenvalue weighted by Gasteiger charge is -2.14. The van der Waals surface area contributed by atoms with Crippen molar-refractivity contribution in [3.8, 4) is 22.3 Å². The van der Waals surface area contributed by atoms with Gasteiger partial charge in [0.15, 0.2) is 0 Å². The van der Waals surface area contributed by atoms with Gasteiger partial charge in [0, 0.05) is 12.6 Å². The van der Waals surface area contributed by atoms with E-state index in [-0.39, 0.29) is 0 Å². The Hall–Kier alpha value is -3.65. The first kappa shape index (κ1) is 17.4. The minimum Gasteiger partial charge on any atom is -0.269 e. The Morgan fingerprint density at radius 3 is 2.10 bits per heavy atom. The maximum absolute atomic E-state index is 4.69. The number of hydrogen-bond donors (Lipinski definition) is 0. The number of nitrogens with zero attached hydrogens (tertiary/aromatic N) is 2. The van der Waals surface area contributed by atoms with Crippen LogP contribution < -0.4 is 5.01 Å². The average molecular weight is 374 g/mol. The summed E-state index contributed by atoms with van der Waals surface area (Å²) in [5.41, 5.74) is 10.2. The quantitative estimate of drug-likeness (QED) is 0.263. The molecular weight excluding hydrogens is 352 g/mol. The van der Waals surface area contributed by atoms with Crippen LogP contribution >= 0.6 is 0 Å². The van der Waals surface area contributed by atoms with Gasteiger partial charge in [-0.05, 0) is 51.9 Å². The molecule has 0 saturated heterocycles. The fourth-order valence-corrected chi connectivity index (χ4v) is 4.12. The highest BCUT2D eigenvalue weighted by molar-refractivity contribution is 5.94. The first-order chi connectivity index (χ1) is 14.3. The molecule has 0 N–H and O–H groups in total. The molecule has 5 rings (SSSR count). The molecule has 0 radical (unpaired) electrons. The Morgan fingerprint density at radius 2 is 1.28 bits per heavy atom. The molecule has 4 aromatic rings. The van der Waals surface area contributed by atoms with Gasteiger partial charge < -0.3 is 0 Å². The lowest BCUT2D eigenvalue weighted by Crippen LogP contribution is -2.08. The van der Waals surface area contributed by atoms with Gasteiger partial charge in [-0.15, -0.1) is 0 Å². The lowest BCUT2D eigenvalue weighted by atomic mass is 9.93. The monoisotopic (exact) mass is 374 g/mol. The van der Waals surface area contributed by atoms with E-state index in [2.05, 4.69) is 78.9 Å². The number of para-hydroxylation sites is 1. The first-order valence-corrected chi connectivity index (χ1v) is 9.93. The van der Waals surface area contributed by atoms with Gasteiger partial charge >= 0.3 is 0 Å². The summed E-state index contributed by atoms with van der Waals surface area (Å²) in [4.78, 5) is 0. The van der Waals surface area contributed by atoms with E-state index >= 15 is 0 Å². The predicted molar refractivity (Wildman–Crippen MR) is 123 cm³/mol. The highest BCUT2D eigenvalue weighted by Crippen LogP contribution is 2.41. The van der Waals surface area contributed by atoms with Crippen LogP contribution in [0.1, 0.15) is 16.7 Å². The minimum atomic E-state index is 0.983. The zero-order valence-electron chi connectivity index (χ0n) is 16.4. The normalized spacial score (nSPS) is 12.0. The molecule has 0 unspecified atom stereocenters. The molecule has 29 heavy (non-hydrogen) atoms. The SMILES string of the molecule is CN(N=Cc1ccccc1-c1cccc2c1Cc1ccccc1-2)c1ccccc1. The second kappa shape index (κ2) is 7.40. The van der Waals surface area contributed by atoms with Crippen LogP contribution in [0.4, 0.5) is 5.69 Å². The van der Waals surface area contributed by atoms with Gasteiger partial charge in [0.1, 0.15) is 0 Å². The number of fused-ring (bicyclic) bond motifs is 3. The van der Waals surface area contributed by atoms with E-state index in [1.807, 2.05) is 36.5 Å². The van der Waals surface area contributed by atoms with Crippen molar-refractivity contribution in [2.45, 2.75) is 6.42 Å². The van der Waals surface area contributed by atoms with Crippen LogP contribution in [0.5, 0.6) is 0 Å². The Balaban J connectivity index is 1.54. The van der Waals surface area contributed by atoms with Gasteiger partial charge in [-0.3, -0.25) is 5.01 Å². The highest BCUT2D eigenvalue weighted by atomic mass is 15.4. The molecule has 0 fully saturated rings. The maximum atomic E-state index is 4.69. The van der Waals surface area contributed by atoms with Crippen molar-refractivity contribution >= 4 is 11.9 Å². The molecule has 140 valence electrons. The van der Waals surface area contributed by atoms with E-state index in [0.29, 0.717) is 0 Å². The molecule has 1 aliphatic rings. The predicted octanol–water partition coefficient (Wildman–Crippen LogP) is 6.40. The molecule has 0 amide bonds. The zero-order chi connectivity index (χ0) is 19.6. The molecular formula is C27H22N2. The van der Waals surface area contributed by atoms with Gasteiger partial charge in [0.25, 0.3) is 0 Å². The van der Waals surface area contributed by atoms with Crippen molar-refractivity contribution in [2.24, 2.45) is 5.10 Å². The number of anilines is 1. The summed E-state index contributed by atoms with van der Waals surface area (Å²) in [6, 6.07) is 34.1. The van der Waals surface area contributed by atoms with Crippen molar-refractivity contribution in [1.82, 2.24) is 0 Å². The smallest absolute Gasteiger partial charge is 0.0590 e. The average Bonchev–Trinajstić information content (AvgIpc) is 3.17. The Morgan fingerprint density at radius 1 is 0.655 bits per heavy atom. The lowest BCUT2D eigenvalue weighted by molar-refractivity contribution is 1.02. The minimum absolute atomic E-state index is 0.983. The third kappa shape index (κ3) is 3.23. The Labute approximate surface area is 171 Å². The third-order valence-corrected chi connectivity index (χ3v) is 5.60. The molecule has 0 atom stereocenters. The number of hydrazone groups is 1. The third-order valence-electron chi connectivity index (χ3n) is 5.60. The van der Waals surface area contributed by atoms with E-state index in [4.69, 9.17) is 5.10 Å². The molecule has 1 aliphatic carbocycles. The van der Waals surface area contributed by atoms with Crippen molar-refractivity contribution in [1.29, 1.82) is 0 Å². The van der Waals surface area contributed by atoms with Crippen LogP contribution in [0.2, 0.25) is 0 Å². The van der Waals surface area contributed by atoms with Gasteiger partial charge in [-0.2, -0.15) is 5.10 Å². The summed E-state index contributed by atoms with van der Waals surface area (Å²) in [5.74, 6) is 0. The second-order valence-corrected chi connectivity index (χ2v) is 7.36. The van der Waals surface area contributed by atoms with Crippen LogP contribution in [0.15, 0.2) is 102 Å². The van der Waals surface area contributed by atoms with E-state index in [1.165, 1.54) is 33.4 Å². The fraction of sp³-hybridized carbons (Fsp3) is 0.0741. The zero-order valence-corrected chi connectivity index (χ0v) is 16.4. The van der Waals surface area contributed by atoms with E-state index in [1.54, 1.807) is 0 Å². The van der Waals surface area contributed by atoms with Gasteiger partial charge in [-0.25, -0.2) is 0 Å². The Bertz CT molecular complexity index is 1190. The van der Waals surface area contributed by atoms with Gasteiger partial charge in [-0.1, -0.05) is 84.9 Å². The van der Waals surface area contributed by atoms with Crippen LogP contribution in [-0.2, 0) is 6.42 Å². The van der Waals surface area contributed by atoms with Crippen molar-refractivity contribution in [3.05, 3.63) is 114 Å². The molecule has 4 aromatic carbocycles. The molecule has 0 spiro atoms. The van der Waals surface area contributed by atoms with Crippen LogP contribution in [0, 0.1) is 0 Å². The summed E-state index contributed by atoms with van der Waals surface area (Å²) in [6.45, 7) is 0. The first-order valence-electron chi connectivity index (χ1n) is 9.93. The van der Waals surface area contributed by atoms with Crippen molar-refractivity contribution in [2.75, 3.05) is 12.1 Å². The van der Waals surface area contributed by atoms with Crippen molar-refractivity contribution < 1.29 is 0 Å². The number of rotatable bonds is 4. The number of hydrogen-bond acceptors (Lipinski definition) is 2. The molecule has 0 aromatic heterocycles. The summed E-state index contributed by atoms with van der Waals surface area (Å²) in [6.07, 6.45) is 2.95. The standard InChI is InChI=1S/C27H22N2/c1-29(22-12-3-2-4-13-22)28-19-21-11-6-8-15-24(21)26-17-9-16-25-23-14-7-5-10-20(23)18-27(25)26/h2-17,19H,18H2,1H3. The van der Waals surface area contributed by atoms with E-state index in [0.717, 1.165) is 17.7 Å². The van der Waals surface area contributed by atoms with E-state index < -0.39 is 0 Å². The topological polar surface area (TPSA) is 15.6 Å². The number of benzene rings is 4.